The topological polar surface area (TPSA) is 111 Å². The van der Waals surface area contributed by atoms with Crippen molar-refractivity contribution in [3.8, 4) is 0 Å². The number of phosphoric acid groups is 1. The molecule has 0 saturated heterocycles. The van der Waals surface area contributed by atoms with Crippen LogP contribution in [-0.4, -0.2) is 70.0 Å². The molecule has 82 heavy (non-hydrogen) atoms. The van der Waals surface area contributed by atoms with Gasteiger partial charge in [0, 0.05) is 12.8 Å². The number of hydrogen-bond acceptors (Lipinski definition) is 8. The third-order valence-electron chi connectivity index (χ3n) is 14.9. The van der Waals surface area contributed by atoms with Gasteiger partial charge in [0.05, 0.1) is 27.7 Å². The Morgan fingerprint density at radius 1 is 0.390 bits per heavy atom. The normalized spacial score (nSPS) is 13.7. The molecule has 0 fully saturated rings. The maximum Gasteiger partial charge on any atom is 0.306 e. The van der Waals surface area contributed by atoms with Crippen molar-refractivity contribution in [2.24, 2.45) is 0 Å². The molecular formula is C72H130NO8P. The van der Waals surface area contributed by atoms with Crippen molar-refractivity contribution in [2.45, 2.75) is 315 Å². The lowest BCUT2D eigenvalue weighted by atomic mass is 10.0. The standard InChI is InChI=1S/C72H130NO8P/c1-6-8-10-12-14-16-18-20-22-24-25-26-27-28-29-30-31-32-33-34-35-36-37-38-39-40-41-42-43-44-45-46-47-49-51-53-55-57-59-61-63-65-72(75)81-70(69-80-82(76,77)79-67-66-73(3,4)5)68-78-71(74)64-62-60-58-56-54-52-50-48-23-21-19-17-15-13-11-9-7-2/h8,10,14,16,20-23,25-26,28-29,31-32,70H,6-7,9,11-13,15,17-19,24,27,30,33-69H2,1-5H3/b10-8-,16-14-,22-20-,23-21-,26-25-,29-28-,32-31-. The van der Waals surface area contributed by atoms with Gasteiger partial charge < -0.3 is 27.9 Å². The molecule has 0 aliphatic carbocycles. The Kier molecular flexibility index (Phi) is 60.6. The third-order valence-corrected chi connectivity index (χ3v) is 15.9. The number of quaternary nitrogens is 1. The average Bonchev–Trinajstić information content (AvgIpc) is 3.45. The van der Waals surface area contributed by atoms with Crippen molar-refractivity contribution in [1.29, 1.82) is 0 Å². The quantitative estimate of drug-likeness (QED) is 0.0195. The molecule has 0 heterocycles. The summed E-state index contributed by atoms with van der Waals surface area (Å²) in [5.74, 6) is -0.827. The van der Waals surface area contributed by atoms with Gasteiger partial charge in [0.1, 0.15) is 19.8 Å². The number of carbonyl (C=O) groups is 2. The van der Waals surface area contributed by atoms with Crippen molar-refractivity contribution in [1.82, 2.24) is 0 Å². The molecule has 0 saturated carbocycles. The molecule has 0 aromatic heterocycles. The lowest BCUT2D eigenvalue weighted by molar-refractivity contribution is -0.870. The maximum atomic E-state index is 12.8. The second-order valence-corrected chi connectivity index (χ2v) is 25.6. The minimum absolute atomic E-state index is 0.0313. The van der Waals surface area contributed by atoms with Crippen LogP contribution in [0.5, 0.6) is 0 Å². The van der Waals surface area contributed by atoms with E-state index < -0.39 is 26.5 Å². The van der Waals surface area contributed by atoms with Gasteiger partial charge in [-0.15, -0.1) is 0 Å². The summed E-state index contributed by atoms with van der Waals surface area (Å²) in [6, 6.07) is 0. The summed E-state index contributed by atoms with van der Waals surface area (Å²) in [7, 11) is 1.17. The van der Waals surface area contributed by atoms with Crippen molar-refractivity contribution in [2.75, 3.05) is 47.5 Å². The predicted molar refractivity (Wildman–Crippen MR) is 351 cm³/mol. The Labute approximate surface area is 507 Å². The number of likely N-dealkylation sites (N-methyl/N-ethyl adjacent to an activating group) is 1. The van der Waals surface area contributed by atoms with Crippen LogP contribution >= 0.6 is 7.82 Å². The Balaban J connectivity index is 3.93. The zero-order chi connectivity index (χ0) is 59.8. The third kappa shape index (κ3) is 66.3. The summed E-state index contributed by atoms with van der Waals surface area (Å²) in [6.45, 7) is 4.15. The summed E-state index contributed by atoms with van der Waals surface area (Å²) in [6.07, 6.45) is 85.3. The van der Waals surface area contributed by atoms with Gasteiger partial charge in [-0.1, -0.05) is 292 Å². The monoisotopic (exact) mass is 1170 g/mol. The fourth-order valence-electron chi connectivity index (χ4n) is 9.66. The van der Waals surface area contributed by atoms with Gasteiger partial charge in [0.15, 0.2) is 6.10 Å². The fraction of sp³-hybridized carbons (Fsp3) is 0.778. The second kappa shape index (κ2) is 62.7. The number of esters is 2. The van der Waals surface area contributed by atoms with E-state index in [0.29, 0.717) is 17.4 Å². The lowest BCUT2D eigenvalue weighted by Gasteiger charge is -2.28. The molecule has 0 aromatic carbocycles. The number of ether oxygens (including phenoxy) is 2. The fourth-order valence-corrected chi connectivity index (χ4v) is 10.4. The van der Waals surface area contributed by atoms with E-state index in [1.165, 1.54) is 186 Å². The number of hydrogen-bond donors (Lipinski definition) is 0. The number of nitrogens with zero attached hydrogens (tertiary/aromatic N) is 1. The van der Waals surface area contributed by atoms with E-state index in [0.717, 1.165) is 89.9 Å². The van der Waals surface area contributed by atoms with Gasteiger partial charge in [-0.2, -0.15) is 0 Å². The minimum Gasteiger partial charge on any atom is -0.756 e. The molecule has 0 aromatic rings. The summed E-state index contributed by atoms with van der Waals surface area (Å²) in [4.78, 5) is 38.0. The molecule has 0 radical (unpaired) electrons. The predicted octanol–water partition coefficient (Wildman–Crippen LogP) is 21.5. The average molecular weight is 1170 g/mol. The first-order valence-electron chi connectivity index (χ1n) is 34.3. The van der Waals surface area contributed by atoms with E-state index in [9.17, 15) is 19.0 Å². The van der Waals surface area contributed by atoms with E-state index in [2.05, 4.69) is 98.9 Å². The van der Waals surface area contributed by atoms with Crippen LogP contribution < -0.4 is 4.89 Å². The van der Waals surface area contributed by atoms with Crippen LogP contribution in [0.3, 0.4) is 0 Å². The van der Waals surface area contributed by atoms with E-state index in [-0.39, 0.29) is 32.0 Å². The van der Waals surface area contributed by atoms with Crippen molar-refractivity contribution in [3.05, 3.63) is 85.1 Å². The highest BCUT2D eigenvalue weighted by molar-refractivity contribution is 7.45. The van der Waals surface area contributed by atoms with Crippen LogP contribution in [0.25, 0.3) is 0 Å². The van der Waals surface area contributed by atoms with Gasteiger partial charge in [0.25, 0.3) is 7.82 Å². The molecule has 0 aliphatic rings. The van der Waals surface area contributed by atoms with Crippen LogP contribution in [-0.2, 0) is 32.7 Å². The molecule has 0 spiro atoms. The van der Waals surface area contributed by atoms with E-state index in [4.69, 9.17) is 18.5 Å². The number of rotatable bonds is 63. The lowest BCUT2D eigenvalue weighted by Crippen LogP contribution is -2.37. The number of allylic oxidation sites excluding steroid dienone is 14. The molecule has 0 bridgehead atoms. The Morgan fingerprint density at radius 2 is 0.695 bits per heavy atom. The molecule has 9 nitrogen and oxygen atoms in total. The summed E-state index contributed by atoms with van der Waals surface area (Å²) < 4.78 is 34.2. The molecule has 0 N–H and O–H groups in total. The van der Waals surface area contributed by atoms with Crippen molar-refractivity contribution < 1.29 is 42.1 Å². The van der Waals surface area contributed by atoms with E-state index >= 15 is 0 Å². The summed E-state index contributed by atoms with van der Waals surface area (Å²) in [5.41, 5.74) is 0. The molecule has 0 rings (SSSR count). The van der Waals surface area contributed by atoms with Crippen LogP contribution in [0.1, 0.15) is 309 Å². The molecule has 2 atom stereocenters. The number of phosphoric ester groups is 1. The first kappa shape index (κ1) is 79.2. The van der Waals surface area contributed by atoms with E-state index in [1.807, 2.05) is 21.1 Å². The van der Waals surface area contributed by atoms with E-state index in [1.54, 1.807) is 0 Å². The highest BCUT2D eigenvalue weighted by Gasteiger charge is 2.22. The molecule has 2 unspecified atom stereocenters. The Bertz CT molecular complexity index is 1660. The first-order valence-corrected chi connectivity index (χ1v) is 35.8. The Hall–Kier alpha value is -2.81. The van der Waals surface area contributed by atoms with Crippen LogP contribution in [0.2, 0.25) is 0 Å². The SMILES string of the molecule is CC/C=C\C/C=C\C/C=C\C/C=C\C/C=C\C/C=C\CCCCCCCCCCCCCCCCCCCCCCCCC(=O)OC(COC(=O)CCCCCCCCC/C=C\CCCCCCCC)COP(=O)([O-])OCC[N+](C)(C)C. The smallest absolute Gasteiger partial charge is 0.306 e. The molecule has 0 aliphatic heterocycles. The van der Waals surface area contributed by atoms with Gasteiger partial charge in [-0.05, 0) is 89.9 Å². The van der Waals surface area contributed by atoms with Crippen LogP contribution in [0.15, 0.2) is 85.1 Å². The van der Waals surface area contributed by atoms with Gasteiger partial charge in [0.2, 0.25) is 0 Å². The highest BCUT2D eigenvalue weighted by atomic mass is 31.2. The number of carbonyl (C=O) groups excluding carboxylic acids is 2. The zero-order valence-electron chi connectivity index (χ0n) is 54.2. The summed E-state index contributed by atoms with van der Waals surface area (Å²) in [5, 5.41) is 0. The number of unbranched alkanes of at least 4 members (excludes halogenated alkanes) is 35. The molecule has 10 heteroatoms. The largest absolute Gasteiger partial charge is 0.756 e. The van der Waals surface area contributed by atoms with Crippen LogP contribution in [0, 0.1) is 0 Å². The highest BCUT2D eigenvalue weighted by Crippen LogP contribution is 2.38. The van der Waals surface area contributed by atoms with Crippen LogP contribution in [0.4, 0.5) is 0 Å². The second-order valence-electron chi connectivity index (χ2n) is 24.2. The van der Waals surface area contributed by atoms with Gasteiger partial charge in [-0.25, -0.2) is 0 Å². The molecule has 476 valence electrons. The minimum atomic E-state index is -4.64. The van der Waals surface area contributed by atoms with Gasteiger partial charge in [-0.3, -0.25) is 14.2 Å². The van der Waals surface area contributed by atoms with Crippen molar-refractivity contribution in [3.63, 3.8) is 0 Å². The van der Waals surface area contributed by atoms with Gasteiger partial charge >= 0.3 is 11.9 Å². The molecular weight excluding hydrogens is 1040 g/mol. The maximum absolute atomic E-state index is 12.8. The zero-order valence-corrected chi connectivity index (χ0v) is 55.1. The van der Waals surface area contributed by atoms with Crippen molar-refractivity contribution >= 4 is 19.8 Å². The Morgan fingerprint density at radius 3 is 1.05 bits per heavy atom. The molecule has 0 amide bonds. The first-order chi connectivity index (χ1) is 40.0. The summed E-state index contributed by atoms with van der Waals surface area (Å²) >= 11 is 0.